The number of rotatable bonds is 10. The highest BCUT2D eigenvalue weighted by atomic mass is 127. The van der Waals surface area contributed by atoms with Gasteiger partial charge in [-0.1, -0.05) is 13.8 Å². The van der Waals surface area contributed by atoms with Crippen molar-refractivity contribution < 1.29 is 9.47 Å². The zero-order valence-corrected chi connectivity index (χ0v) is 20.3. The number of nitrogens with one attached hydrogen (secondary N) is 1. The Morgan fingerprint density at radius 1 is 1.38 bits per heavy atom. The van der Waals surface area contributed by atoms with Gasteiger partial charge in [0, 0.05) is 39.7 Å². The number of guanidine groups is 1. The molecular formula is C18H35IN4O2S. The van der Waals surface area contributed by atoms with Gasteiger partial charge in [-0.2, -0.15) is 0 Å². The molecule has 2 unspecified atom stereocenters. The minimum Gasteiger partial charge on any atom is -0.378 e. The van der Waals surface area contributed by atoms with Gasteiger partial charge >= 0.3 is 0 Å². The van der Waals surface area contributed by atoms with Crippen LogP contribution in [0.3, 0.4) is 0 Å². The fraction of sp³-hybridized carbons (Fsp3) is 0.778. The highest BCUT2D eigenvalue weighted by Gasteiger charge is 2.15. The molecule has 0 spiro atoms. The van der Waals surface area contributed by atoms with Crippen LogP contribution in [0, 0.1) is 5.92 Å². The van der Waals surface area contributed by atoms with Gasteiger partial charge in [0.2, 0.25) is 0 Å². The van der Waals surface area contributed by atoms with Gasteiger partial charge in [-0.25, -0.2) is 4.98 Å². The van der Waals surface area contributed by atoms with Crippen LogP contribution in [-0.4, -0.2) is 56.3 Å². The van der Waals surface area contributed by atoms with Gasteiger partial charge < -0.3 is 19.7 Å². The fourth-order valence-corrected chi connectivity index (χ4v) is 3.38. The number of aromatic nitrogens is 1. The Kier molecular flexibility index (Phi) is 13.4. The standard InChI is InChI=1S/C18H34N4O2S.HI/c1-8-24-16(13(2)3)9-10-20-18(19-5)22(6)11-15-12-25-17(21-15)14(4)23-7;/h12-14,16H,8-11H2,1-7H3,(H,19,20);1H. The maximum Gasteiger partial charge on any atom is 0.193 e. The van der Waals surface area contributed by atoms with Crippen molar-refractivity contribution in [3.63, 3.8) is 0 Å². The smallest absolute Gasteiger partial charge is 0.193 e. The molecule has 0 saturated heterocycles. The zero-order chi connectivity index (χ0) is 18.8. The summed E-state index contributed by atoms with van der Waals surface area (Å²) in [5, 5.41) is 6.51. The number of nitrogens with zero attached hydrogens (tertiary/aromatic N) is 3. The van der Waals surface area contributed by atoms with E-state index in [1.54, 1.807) is 25.5 Å². The Labute approximate surface area is 179 Å². The number of aliphatic imine (C=N–C) groups is 1. The normalized spacial score (nSPS) is 14.1. The van der Waals surface area contributed by atoms with Crippen molar-refractivity contribution in [2.75, 3.05) is 34.4 Å². The largest absolute Gasteiger partial charge is 0.378 e. The third-order valence-corrected chi connectivity index (χ3v) is 5.13. The van der Waals surface area contributed by atoms with Gasteiger partial charge in [0.15, 0.2) is 5.96 Å². The number of methoxy groups -OCH3 is 1. The molecule has 0 radical (unpaired) electrons. The van der Waals surface area contributed by atoms with Crippen LogP contribution in [0.15, 0.2) is 10.4 Å². The highest BCUT2D eigenvalue weighted by Crippen LogP contribution is 2.20. The van der Waals surface area contributed by atoms with Gasteiger partial charge in [-0.3, -0.25) is 4.99 Å². The molecule has 1 rings (SSSR count). The summed E-state index contributed by atoms with van der Waals surface area (Å²) < 4.78 is 11.1. The van der Waals surface area contributed by atoms with Crippen molar-refractivity contribution >= 4 is 41.3 Å². The first-order valence-electron chi connectivity index (χ1n) is 8.93. The number of thiazole rings is 1. The van der Waals surface area contributed by atoms with Crippen molar-refractivity contribution in [2.45, 2.75) is 52.9 Å². The van der Waals surface area contributed by atoms with Crippen molar-refractivity contribution in [3.05, 3.63) is 16.1 Å². The Bertz CT molecular complexity index is 525. The predicted molar refractivity (Wildman–Crippen MR) is 121 cm³/mol. The lowest BCUT2D eigenvalue weighted by atomic mass is 10.0. The second kappa shape index (κ2) is 13.7. The molecule has 0 aromatic carbocycles. The molecule has 1 N–H and O–H groups in total. The van der Waals surface area contributed by atoms with E-state index in [0.717, 1.165) is 36.2 Å². The van der Waals surface area contributed by atoms with E-state index >= 15 is 0 Å². The lowest BCUT2D eigenvalue weighted by Crippen LogP contribution is -2.40. The SMILES string of the molecule is CCOC(CCNC(=NC)N(C)Cc1csc(C(C)OC)n1)C(C)C.I. The number of ether oxygens (including phenoxy) is 2. The maximum absolute atomic E-state index is 5.80. The molecule has 2 atom stereocenters. The molecule has 0 amide bonds. The molecule has 0 saturated carbocycles. The number of halogens is 1. The van der Waals surface area contributed by atoms with E-state index in [1.807, 2.05) is 20.9 Å². The molecule has 8 heteroatoms. The van der Waals surface area contributed by atoms with Gasteiger partial charge in [-0.05, 0) is 26.2 Å². The van der Waals surface area contributed by atoms with E-state index in [-0.39, 0.29) is 36.2 Å². The van der Waals surface area contributed by atoms with Crippen molar-refractivity contribution in [3.8, 4) is 0 Å². The van der Waals surface area contributed by atoms with E-state index < -0.39 is 0 Å². The van der Waals surface area contributed by atoms with Gasteiger partial charge in [0.1, 0.15) is 11.1 Å². The van der Waals surface area contributed by atoms with Crippen molar-refractivity contribution in [1.82, 2.24) is 15.2 Å². The van der Waals surface area contributed by atoms with Gasteiger partial charge in [0.25, 0.3) is 0 Å². The molecule has 0 fully saturated rings. The summed E-state index contributed by atoms with van der Waals surface area (Å²) in [6, 6.07) is 0. The average Bonchev–Trinajstić information content (AvgIpc) is 3.05. The molecule has 26 heavy (non-hydrogen) atoms. The molecule has 1 aromatic rings. The van der Waals surface area contributed by atoms with Crippen LogP contribution in [0.25, 0.3) is 0 Å². The zero-order valence-electron chi connectivity index (χ0n) is 17.1. The first-order valence-corrected chi connectivity index (χ1v) is 9.81. The van der Waals surface area contributed by atoms with Gasteiger partial charge in [0.05, 0.1) is 18.3 Å². The molecule has 6 nitrogen and oxygen atoms in total. The van der Waals surface area contributed by atoms with E-state index in [0.29, 0.717) is 12.5 Å². The average molecular weight is 498 g/mol. The molecule has 1 heterocycles. The molecular weight excluding hydrogens is 463 g/mol. The summed E-state index contributed by atoms with van der Waals surface area (Å²) in [7, 11) is 5.54. The summed E-state index contributed by atoms with van der Waals surface area (Å²) in [5.41, 5.74) is 1.03. The fourth-order valence-electron chi connectivity index (χ4n) is 2.53. The monoisotopic (exact) mass is 498 g/mol. The first kappa shape index (κ1) is 25.6. The summed E-state index contributed by atoms with van der Waals surface area (Å²) in [6.07, 6.45) is 1.27. The van der Waals surface area contributed by atoms with Crippen LogP contribution in [0.4, 0.5) is 0 Å². The van der Waals surface area contributed by atoms with Crippen LogP contribution >= 0.6 is 35.3 Å². The van der Waals surface area contributed by atoms with E-state index in [4.69, 9.17) is 9.47 Å². The topological polar surface area (TPSA) is 59.0 Å². The third-order valence-electron chi connectivity index (χ3n) is 4.08. The molecule has 0 bridgehead atoms. The molecule has 0 aliphatic heterocycles. The van der Waals surface area contributed by atoms with Gasteiger partial charge in [-0.15, -0.1) is 35.3 Å². The molecule has 0 aliphatic rings. The Hall–Kier alpha value is -0.450. The summed E-state index contributed by atoms with van der Waals surface area (Å²) >= 11 is 1.63. The van der Waals surface area contributed by atoms with E-state index in [1.165, 1.54) is 0 Å². The highest BCUT2D eigenvalue weighted by molar-refractivity contribution is 14.0. The third kappa shape index (κ3) is 8.49. The Balaban J connectivity index is 0.00000625. The van der Waals surface area contributed by atoms with Crippen LogP contribution < -0.4 is 5.32 Å². The molecule has 0 aliphatic carbocycles. The lowest BCUT2D eigenvalue weighted by molar-refractivity contribution is 0.0257. The minimum atomic E-state index is 0. The number of hydrogen-bond acceptors (Lipinski definition) is 5. The van der Waals surface area contributed by atoms with E-state index in [9.17, 15) is 0 Å². The molecule has 1 aromatic heterocycles. The summed E-state index contributed by atoms with van der Waals surface area (Å²) in [6.45, 7) is 10.8. The second-order valence-corrected chi connectivity index (χ2v) is 7.30. The number of hydrogen-bond donors (Lipinski definition) is 1. The van der Waals surface area contributed by atoms with Crippen molar-refractivity contribution in [2.24, 2.45) is 10.9 Å². The van der Waals surface area contributed by atoms with Crippen LogP contribution in [0.1, 0.15) is 50.9 Å². The minimum absolute atomic E-state index is 0. The predicted octanol–water partition coefficient (Wildman–Crippen LogP) is 3.93. The molecule has 152 valence electrons. The Morgan fingerprint density at radius 2 is 2.08 bits per heavy atom. The second-order valence-electron chi connectivity index (χ2n) is 6.41. The summed E-state index contributed by atoms with van der Waals surface area (Å²) in [5.74, 6) is 1.38. The van der Waals surface area contributed by atoms with Crippen LogP contribution in [0.5, 0.6) is 0 Å². The lowest BCUT2D eigenvalue weighted by Gasteiger charge is -2.24. The van der Waals surface area contributed by atoms with Crippen LogP contribution in [0.2, 0.25) is 0 Å². The van der Waals surface area contributed by atoms with E-state index in [2.05, 4.69) is 39.4 Å². The summed E-state index contributed by atoms with van der Waals surface area (Å²) in [4.78, 5) is 11.1. The first-order chi connectivity index (χ1) is 11.9. The Morgan fingerprint density at radius 3 is 2.62 bits per heavy atom. The maximum atomic E-state index is 5.80. The van der Waals surface area contributed by atoms with Crippen molar-refractivity contribution in [1.29, 1.82) is 0 Å². The van der Waals surface area contributed by atoms with Crippen LogP contribution in [-0.2, 0) is 16.0 Å². The quantitative estimate of drug-likeness (QED) is 0.301.